The molecule has 18 heavy (non-hydrogen) atoms. The highest BCUT2D eigenvalue weighted by Crippen LogP contribution is 2.18. The fraction of sp³-hybridized carbons (Fsp3) is 0.267. The lowest BCUT2D eigenvalue weighted by atomic mass is 10.1. The summed E-state index contributed by atoms with van der Waals surface area (Å²) in [6, 6.07) is 0. The van der Waals surface area contributed by atoms with Crippen LogP contribution in [0.3, 0.4) is 0 Å². The molecule has 0 saturated heterocycles. The number of aldehydes is 1. The fourth-order valence-electron chi connectivity index (χ4n) is 1.24. The Kier molecular flexibility index (Phi) is 7.20. The minimum Gasteiger partial charge on any atom is -0.509 e. The first-order valence-corrected chi connectivity index (χ1v) is 5.65. The average Bonchev–Trinajstić information content (AvgIpc) is 2.33. The van der Waals surface area contributed by atoms with Gasteiger partial charge in [0, 0.05) is 0 Å². The Bertz CT molecular complexity index is 435. The molecule has 0 aliphatic carbocycles. The Morgan fingerprint density at radius 3 is 2.17 bits per heavy atom. The van der Waals surface area contributed by atoms with E-state index in [0.717, 1.165) is 12.0 Å². The van der Waals surface area contributed by atoms with E-state index in [0.29, 0.717) is 16.9 Å². The Balaban J connectivity index is 5.33. The van der Waals surface area contributed by atoms with Crippen LogP contribution in [0.25, 0.3) is 0 Å². The van der Waals surface area contributed by atoms with Gasteiger partial charge in [0.15, 0.2) is 6.29 Å². The van der Waals surface area contributed by atoms with Crippen molar-refractivity contribution in [2.45, 2.75) is 27.7 Å². The van der Waals surface area contributed by atoms with E-state index in [1.54, 1.807) is 26.0 Å². The highest BCUT2D eigenvalue weighted by atomic mass is 16.5. The van der Waals surface area contributed by atoms with Crippen molar-refractivity contribution in [3.8, 4) is 0 Å². The monoisotopic (exact) mass is 248 g/mol. The molecule has 0 amide bonds. The number of hydrogen-bond donors (Lipinski definition) is 1. The number of allylic oxidation sites excluding steroid dienone is 8. The normalized spacial score (nSPS) is 14.4. The van der Waals surface area contributed by atoms with E-state index in [2.05, 4.69) is 6.58 Å². The van der Waals surface area contributed by atoms with Crippen LogP contribution in [0.5, 0.6) is 0 Å². The molecule has 0 aromatic rings. The van der Waals surface area contributed by atoms with Gasteiger partial charge in [0.05, 0.1) is 11.3 Å². The van der Waals surface area contributed by atoms with E-state index in [1.165, 1.54) is 6.08 Å². The third kappa shape index (κ3) is 5.34. The standard InChI is InChI=1S/C15H20O3/c1-6-12(4)18-13(5)15(10-16)14(7-2)9-8-11(3)17/h6-10,17H,3H2,1-2,4-5H3/b9-8-,12-6-,14-7+,15-13+. The van der Waals surface area contributed by atoms with E-state index < -0.39 is 0 Å². The van der Waals surface area contributed by atoms with Crippen molar-refractivity contribution in [1.82, 2.24) is 0 Å². The molecular formula is C15H20O3. The van der Waals surface area contributed by atoms with E-state index in [9.17, 15) is 4.79 Å². The van der Waals surface area contributed by atoms with Crippen LogP contribution >= 0.6 is 0 Å². The summed E-state index contributed by atoms with van der Waals surface area (Å²) in [7, 11) is 0. The van der Waals surface area contributed by atoms with Crippen molar-refractivity contribution in [3.05, 3.63) is 59.3 Å². The molecule has 0 aliphatic heterocycles. The van der Waals surface area contributed by atoms with E-state index in [-0.39, 0.29) is 5.76 Å². The van der Waals surface area contributed by atoms with Crippen molar-refractivity contribution in [2.24, 2.45) is 0 Å². The Labute approximate surface area is 108 Å². The second kappa shape index (κ2) is 8.12. The molecule has 0 bridgehead atoms. The highest BCUT2D eigenvalue weighted by Gasteiger charge is 2.07. The molecule has 0 atom stereocenters. The number of aliphatic hydroxyl groups excluding tert-OH is 1. The van der Waals surface area contributed by atoms with Crippen LogP contribution in [0.4, 0.5) is 0 Å². The minimum atomic E-state index is -0.0668. The SMILES string of the molecule is C=C(O)\C=C/C(=C\C)C(/C=O)=C(\C)O/C(C)=C\C. The summed E-state index contributed by atoms with van der Waals surface area (Å²) in [6.45, 7) is 10.5. The first kappa shape index (κ1) is 16.0. The van der Waals surface area contributed by atoms with Gasteiger partial charge in [-0.25, -0.2) is 0 Å². The number of rotatable bonds is 6. The summed E-state index contributed by atoms with van der Waals surface area (Å²) in [5.41, 5.74) is 1.11. The third-order valence-electron chi connectivity index (χ3n) is 2.30. The van der Waals surface area contributed by atoms with Gasteiger partial charge in [-0.15, -0.1) is 0 Å². The van der Waals surface area contributed by atoms with E-state index in [1.807, 2.05) is 19.9 Å². The number of carbonyl (C=O) groups excluding carboxylic acids is 1. The van der Waals surface area contributed by atoms with Gasteiger partial charge in [-0.3, -0.25) is 4.79 Å². The molecule has 0 aromatic heterocycles. The van der Waals surface area contributed by atoms with E-state index in [4.69, 9.17) is 9.84 Å². The number of ether oxygens (including phenoxy) is 1. The zero-order valence-corrected chi connectivity index (χ0v) is 11.4. The molecule has 0 rings (SSSR count). The zero-order chi connectivity index (χ0) is 14.1. The summed E-state index contributed by atoms with van der Waals surface area (Å²) >= 11 is 0. The maximum absolute atomic E-state index is 11.1. The molecule has 3 nitrogen and oxygen atoms in total. The quantitative estimate of drug-likeness (QED) is 0.335. The van der Waals surface area contributed by atoms with Crippen LogP contribution in [0.2, 0.25) is 0 Å². The van der Waals surface area contributed by atoms with Gasteiger partial charge in [0.2, 0.25) is 0 Å². The van der Waals surface area contributed by atoms with Crippen LogP contribution in [0.1, 0.15) is 27.7 Å². The molecule has 98 valence electrons. The second-order valence-corrected chi connectivity index (χ2v) is 3.66. The first-order valence-electron chi connectivity index (χ1n) is 5.65. The lowest BCUT2D eigenvalue weighted by Crippen LogP contribution is -1.97. The molecule has 0 radical (unpaired) electrons. The predicted octanol–water partition coefficient (Wildman–Crippen LogP) is 3.97. The van der Waals surface area contributed by atoms with Crippen molar-refractivity contribution in [2.75, 3.05) is 0 Å². The zero-order valence-electron chi connectivity index (χ0n) is 11.4. The van der Waals surface area contributed by atoms with Gasteiger partial charge >= 0.3 is 0 Å². The van der Waals surface area contributed by atoms with E-state index >= 15 is 0 Å². The van der Waals surface area contributed by atoms with Crippen LogP contribution < -0.4 is 0 Å². The summed E-state index contributed by atoms with van der Waals surface area (Å²) < 4.78 is 5.49. The second-order valence-electron chi connectivity index (χ2n) is 3.66. The molecule has 0 unspecified atom stereocenters. The highest BCUT2D eigenvalue weighted by molar-refractivity contribution is 5.82. The maximum atomic E-state index is 11.1. The lowest BCUT2D eigenvalue weighted by molar-refractivity contribution is -0.104. The van der Waals surface area contributed by atoms with Gasteiger partial charge in [-0.2, -0.15) is 0 Å². The summed E-state index contributed by atoms with van der Waals surface area (Å²) in [4.78, 5) is 11.1. The van der Waals surface area contributed by atoms with Crippen LogP contribution in [0, 0.1) is 0 Å². The number of carbonyl (C=O) groups is 1. The average molecular weight is 248 g/mol. The molecule has 0 aliphatic rings. The maximum Gasteiger partial charge on any atom is 0.154 e. The van der Waals surface area contributed by atoms with Crippen molar-refractivity contribution < 1.29 is 14.6 Å². The summed E-state index contributed by atoms with van der Waals surface area (Å²) in [5.74, 6) is 1.17. The molecule has 1 N–H and O–H groups in total. The number of hydrogen-bond acceptors (Lipinski definition) is 3. The van der Waals surface area contributed by atoms with Crippen LogP contribution in [-0.2, 0) is 9.53 Å². The summed E-state index contributed by atoms with van der Waals surface area (Å²) in [6.07, 6.45) is 7.35. The Morgan fingerprint density at radius 2 is 1.78 bits per heavy atom. The molecule has 3 heteroatoms. The van der Waals surface area contributed by atoms with Crippen molar-refractivity contribution in [1.29, 1.82) is 0 Å². The lowest BCUT2D eigenvalue weighted by Gasteiger charge is -2.10. The smallest absolute Gasteiger partial charge is 0.154 e. The van der Waals surface area contributed by atoms with Crippen LogP contribution in [0.15, 0.2) is 59.3 Å². The fourth-order valence-corrected chi connectivity index (χ4v) is 1.24. The Hall–Kier alpha value is -2.03. The van der Waals surface area contributed by atoms with Crippen molar-refractivity contribution >= 4 is 6.29 Å². The molecule has 0 spiro atoms. The van der Waals surface area contributed by atoms with Gasteiger partial charge < -0.3 is 9.84 Å². The largest absolute Gasteiger partial charge is 0.509 e. The third-order valence-corrected chi connectivity index (χ3v) is 2.30. The predicted molar refractivity (Wildman–Crippen MR) is 73.9 cm³/mol. The number of aliphatic hydroxyl groups is 1. The molecule has 0 aromatic carbocycles. The van der Waals surface area contributed by atoms with Crippen LogP contribution in [-0.4, -0.2) is 11.4 Å². The minimum absolute atomic E-state index is 0.0668. The molecular weight excluding hydrogens is 228 g/mol. The van der Waals surface area contributed by atoms with Gasteiger partial charge in [-0.05, 0) is 45.4 Å². The molecule has 0 heterocycles. The molecule has 0 saturated carbocycles. The Morgan fingerprint density at radius 1 is 1.17 bits per heavy atom. The topological polar surface area (TPSA) is 46.5 Å². The summed E-state index contributed by atoms with van der Waals surface area (Å²) in [5, 5.41) is 9.02. The first-order chi connectivity index (χ1) is 8.46. The van der Waals surface area contributed by atoms with Gasteiger partial charge in [0.1, 0.15) is 11.5 Å². The van der Waals surface area contributed by atoms with Gasteiger partial charge in [0.25, 0.3) is 0 Å². The van der Waals surface area contributed by atoms with Gasteiger partial charge in [-0.1, -0.05) is 18.7 Å². The van der Waals surface area contributed by atoms with Crippen molar-refractivity contribution in [3.63, 3.8) is 0 Å². The molecule has 0 fully saturated rings.